The first kappa shape index (κ1) is 13.0. The van der Waals surface area contributed by atoms with Crippen molar-refractivity contribution < 1.29 is 19.0 Å². The molecule has 1 aromatic carbocycles. The number of halogens is 1. The van der Waals surface area contributed by atoms with Crippen molar-refractivity contribution in [2.24, 2.45) is 0 Å². The third kappa shape index (κ3) is 3.29. The lowest BCUT2D eigenvalue weighted by molar-refractivity contribution is -0.140. The molecule has 98 valence electrons. The van der Waals surface area contributed by atoms with Gasteiger partial charge in [-0.25, -0.2) is 4.39 Å². The summed E-state index contributed by atoms with van der Waals surface area (Å²) in [6, 6.07) is 5.81. The second kappa shape index (κ2) is 5.96. The van der Waals surface area contributed by atoms with Crippen LogP contribution in [0.1, 0.15) is 37.2 Å². The topological polar surface area (TPSA) is 46.5 Å². The maximum atomic E-state index is 13.1. The van der Waals surface area contributed by atoms with E-state index in [0.29, 0.717) is 18.6 Å². The molecule has 0 aliphatic carbocycles. The first-order valence-electron chi connectivity index (χ1n) is 6.26. The summed E-state index contributed by atoms with van der Waals surface area (Å²) in [7, 11) is 0. The van der Waals surface area contributed by atoms with Crippen LogP contribution in [0.2, 0.25) is 0 Å². The van der Waals surface area contributed by atoms with Crippen molar-refractivity contribution in [3.05, 3.63) is 35.6 Å². The highest BCUT2D eigenvalue weighted by molar-refractivity contribution is 5.76. The Balaban J connectivity index is 2.10. The number of hydrogen-bond acceptors (Lipinski definition) is 2. The van der Waals surface area contributed by atoms with Gasteiger partial charge >= 0.3 is 5.97 Å². The van der Waals surface area contributed by atoms with E-state index in [2.05, 4.69) is 0 Å². The second-order valence-electron chi connectivity index (χ2n) is 4.67. The highest BCUT2D eigenvalue weighted by Gasteiger charge is 2.26. The van der Waals surface area contributed by atoms with Crippen LogP contribution < -0.4 is 0 Å². The van der Waals surface area contributed by atoms with Gasteiger partial charge in [0.15, 0.2) is 0 Å². The van der Waals surface area contributed by atoms with Gasteiger partial charge in [-0.2, -0.15) is 0 Å². The van der Waals surface area contributed by atoms with Crippen molar-refractivity contribution in [1.29, 1.82) is 0 Å². The van der Waals surface area contributed by atoms with Crippen molar-refractivity contribution in [2.45, 2.75) is 37.7 Å². The minimum absolute atomic E-state index is 0.0249. The monoisotopic (exact) mass is 252 g/mol. The van der Waals surface area contributed by atoms with E-state index >= 15 is 0 Å². The van der Waals surface area contributed by atoms with Gasteiger partial charge in [0, 0.05) is 6.61 Å². The molecular formula is C14H17FO3. The Hall–Kier alpha value is -1.42. The molecule has 18 heavy (non-hydrogen) atoms. The molecule has 1 aliphatic heterocycles. The third-order valence-corrected chi connectivity index (χ3v) is 3.32. The maximum absolute atomic E-state index is 13.1. The van der Waals surface area contributed by atoms with E-state index in [1.54, 1.807) is 12.1 Å². The molecule has 2 unspecified atom stereocenters. The van der Waals surface area contributed by atoms with Crippen molar-refractivity contribution in [1.82, 2.24) is 0 Å². The summed E-state index contributed by atoms with van der Waals surface area (Å²) < 4.78 is 18.7. The Bertz CT molecular complexity index is 413. The molecule has 0 bridgehead atoms. The number of benzene rings is 1. The molecule has 1 fully saturated rings. The van der Waals surface area contributed by atoms with Crippen LogP contribution in [0.5, 0.6) is 0 Å². The molecule has 2 atom stereocenters. The summed E-state index contributed by atoms with van der Waals surface area (Å²) in [6.45, 7) is 0.695. The van der Waals surface area contributed by atoms with Crippen LogP contribution in [0, 0.1) is 5.82 Å². The quantitative estimate of drug-likeness (QED) is 0.896. The van der Waals surface area contributed by atoms with Gasteiger partial charge in [0.1, 0.15) is 5.82 Å². The van der Waals surface area contributed by atoms with Crippen molar-refractivity contribution >= 4 is 5.97 Å². The van der Waals surface area contributed by atoms with E-state index in [1.165, 1.54) is 12.1 Å². The Labute approximate surface area is 106 Å². The molecule has 4 heteroatoms. The van der Waals surface area contributed by atoms with E-state index in [1.807, 2.05) is 0 Å². The Morgan fingerprint density at radius 3 is 2.94 bits per heavy atom. The van der Waals surface area contributed by atoms with Gasteiger partial charge in [-0.05, 0) is 43.4 Å². The zero-order chi connectivity index (χ0) is 13.0. The van der Waals surface area contributed by atoms with Crippen LogP contribution in [0.15, 0.2) is 24.3 Å². The molecule has 3 nitrogen and oxygen atoms in total. The molecule has 1 heterocycles. The number of carbonyl (C=O) groups is 1. The summed E-state index contributed by atoms with van der Waals surface area (Å²) in [4.78, 5) is 11.3. The van der Waals surface area contributed by atoms with Crippen LogP contribution in [-0.2, 0) is 9.53 Å². The van der Waals surface area contributed by atoms with Crippen molar-refractivity contribution in [3.8, 4) is 0 Å². The molecule has 0 amide bonds. The van der Waals surface area contributed by atoms with E-state index in [0.717, 1.165) is 19.3 Å². The maximum Gasteiger partial charge on any atom is 0.311 e. The van der Waals surface area contributed by atoms with Crippen LogP contribution >= 0.6 is 0 Å². The van der Waals surface area contributed by atoms with Gasteiger partial charge < -0.3 is 9.84 Å². The second-order valence-corrected chi connectivity index (χ2v) is 4.67. The highest BCUT2D eigenvalue weighted by atomic mass is 19.1. The number of ether oxygens (including phenoxy) is 1. The van der Waals surface area contributed by atoms with Gasteiger partial charge in [-0.1, -0.05) is 12.1 Å². The summed E-state index contributed by atoms with van der Waals surface area (Å²) in [5.74, 6) is -2.01. The molecule has 1 aliphatic rings. The molecule has 0 radical (unpaired) electrons. The molecular weight excluding hydrogens is 235 g/mol. The third-order valence-electron chi connectivity index (χ3n) is 3.32. The molecule has 1 saturated heterocycles. The fourth-order valence-corrected chi connectivity index (χ4v) is 2.36. The summed E-state index contributed by atoms with van der Waals surface area (Å²) in [5, 5.41) is 9.27. The average Bonchev–Trinajstić information content (AvgIpc) is 2.37. The van der Waals surface area contributed by atoms with E-state index < -0.39 is 17.7 Å². The fourth-order valence-electron chi connectivity index (χ4n) is 2.36. The lowest BCUT2D eigenvalue weighted by Crippen LogP contribution is -2.25. The fraction of sp³-hybridized carbons (Fsp3) is 0.500. The minimum Gasteiger partial charge on any atom is -0.481 e. The van der Waals surface area contributed by atoms with Crippen LogP contribution in [0.3, 0.4) is 0 Å². The summed E-state index contributed by atoms with van der Waals surface area (Å²) in [6.07, 6.45) is 3.38. The number of hydrogen-bond donors (Lipinski definition) is 1. The zero-order valence-corrected chi connectivity index (χ0v) is 10.1. The molecule has 1 aromatic rings. The summed E-state index contributed by atoms with van der Waals surface area (Å²) >= 11 is 0. The normalized spacial score (nSPS) is 21.5. The van der Waals surface area contributed by atoms with Gasteiger partial charge in [-0.3, -0.25) is 4.79 Å². The largest absolute Gasteiger partial charge is 0.481 e. The van der Waals surface area contributed by atoms with Gasteiger partial charge in [0.2, 0.25) is 0 Å². The molecule has 0 spiro atoms. The van der Waals surface area contributed by atoms with Crippen LogP contribution in [-0.4, -0.2) is 23.8 Å². The van der Waals surface area contributed by atoms with Crippen LogP contribution in [0.4, 0.5) is 4.39 Å². The van der Waals surface area contributed by atoms with E-state index in [4.69, 9.17) is 4.74 Å². The minimum atomic E-state index is -0.922. The Morgan fingerprint density at radius 2 is 2.33 bits per heavy atom. The average molecular weight is 252 g/mol. The Morgan fingerprint density at radius 1 is 1.50 bits per heavy atom. The van der Waals surface area contributed by atoms with Crippen LogP contribution in [0.25, 0.3) is 0 Å². The molecule has 1 N–H and O–H groups in total. The van der Waals surface area contributed by atoms with Gasteiger partial charge in [0.05, 0.1) is 12.0 Å². The predicted molar refractivity (Wildman–Crippen MR) is 65.0 cm³/mol. The van der Waals surface area contributed by atoms with Gasteiger partial charge in [0.25, 0.3) is 0 Å². The van der Waals surface area contributed by atoms with Crippen molar-refractivity contribution in [3.63, 3.8) is 0 Å². The number of carboxylic acid groups (broad SMARTS) is 1. The zero-order valence-electron chi connectivity index (χ0n) is 10.1. The lowest BCUT2D eigenvalue weighted by atomic mass is 9.90. The lowest BCUT2D eigenvalue weighted by Gasteiger charge is -2.25. The number of aliphatic carboxylic acids is 1. The number of carboxylic acids is 1. The molecule has 0 saturated carbocycles. The SMILES string of the molecule is O=C(O)C(CC1CCCCO1)c1cccc(F)c1. The van der Waals surface area contributed by atoms with E-state index in [-0.39, 0.29) is 6.10 Å². The first-order chi connectivity index (χ1) is 8.66. The summed E-state index contributed by atoms with van der Waals surface area (Å²) in [5.41, 5.74) is 0.511. The van der Waals surface area contributed by atoms with Crippen molar-refractivity contribution in [2.75, 3.05) is 6.61 Å². The van der Waals surface area contributed by atoms with Gasteiger partial charge in [-0.15, -0.1) is 0 Å². The Kier molecular flexibility index (Phi) is 4.31. The smallest absolute Gasteiger partial charge is 0.311 e. The molecule has 0 aromatic heterocycles. The first-order valence-corrected chi connectivity index (χ1v) is 6.26. The van der Waals surface area contributed by atoms with E-state index in [9.17, 15) is 14.3 Å². The predicted octanol–water partition coefficient (Wildman–Crippen LogP) is 2.95. The molecule has 2 rings (SSSR count). The highest BCUT2D eigenvalue weighted by Crippen LogP contribution is 2.27. The standard InChI is InChI=1S/C14H17FO3/c15-11-5-3-4-10(8-11)13(14(16)17)9-12-6-1-2-7-18-12/h3-5,8,12-13H,1-2,6-7,9H2,(H,16,17). The number of rotatable bonds is 4.